The van der Waals surface area contributed by atoms with E-state index in [1.165, 1.54) is 7.11 Å². The number of benzene rings is 2. The quantitative estimate of drug-likeness (QED) is 0.822. The molecule has 0 heterocycles. The first-order valence-electron chi connectivity index (χ1n) is 7.42. The van der Waals surface area contributed by atoms with Crippen LogP contribution in [0.5, 0.6) is 0 Å². The summed E-state index contributed by atoms with van der Waals surface area (Å²) in [6.45, 7) is 1.81. The summed E-state index contributed by atoms with van der Waals surface area (Å²) in [6, 6.07) is 13.7. The molecule has 23 heavy (non-hydrogen) atoms. The minimum absolute atomic E-state index is 0.139. The van der Waals surface area contributed by atoms with E-state index in [-0.39, 0.29) is 25.4 Å². The first-order valence-corrected chi connectivity index (χ1v) is 7.42. The first kappa shape index (κ1) is 17.0. The normalized spacial score (nSPS) is 13.5. The van der Waals surface area contributed by atoms with Gasteiger partial charge in [0.2, 0.25) is 5.91 Å². The summed E-state index contributed by atoms with van der Waals surface area (Å²) in [5, 5.41) is 13.9. The van der Waals surface area contributed by atoms with Gasteiger partial charge in [-0.1, -0.05) is 42.5 Å². The molecule has 5 nitrogen and oxygen atoms in total. The van der Waals surface area contributed by atoms with Crippen molar-refractivity contribution in [2.45, 2.75) is 25.3 Å². The highest BCUT2D eigenvalue weighted by molar-refractivity contribution is 5.90. The highest BCUT2D eigenvalue weighted by Crippen LogP contribution is 2.19. The number of methoxy groups -OCH3 is 1. The number of carbonyl (C=O) groups is 2. The van der Waals surface area contributed by atoms with Crippen molar-refractivity contribution in [2.75, 3.05) is 13.7 Å². The van der Waals surface area contributed by atoms with E-state index in [1.807, 2.05) is 42.5 Å². The molecule has 1 amide bonds. The molecule has 122 valence electrons. The molecule has 2 aromatic rings. The highest BCUT2D eigenvalue weighted by Gasteiger charge is 2.29. The molecule has 0 saturated carbocycles. The highest BCUT2D eigenvalue weighted by atomic mass is 16.5. The Bertz CT molecular complexity index is 708. The smallest absolute Gasteiger partial charge is 0.305 e. The number of ether oxygens (including phenoxy) is 1. The van der Waals surface area contributed by atoms with Crippen LogP contribution in [0.15, 0.2) is 42.5 Å². The number of nitrogens with one attached hydrogen (secondary N) is 1. The molecule has 0 aliphatic rings. The van der Waals surface area contributed by atoms with Crippen LogP contribution in [0.4, 0.5) is 0 Å². The van der Waals surface area contributed by atoms with Crippen molar-refractivity contribution in [3.05, 3.63) is 48.0 Å². The van der Waals surface area contributed by atoms with Crippen LogP contribution < -0.4 is 5.32 Å². The standard InChI is InChI=1S/C18H21NO4/c1-18(12-23-2,11-17(21)22)19-16(20)10-14-8-5-7-13-6-3-4-9-15(13)14/h3-9H,10-12H2,1-2H3,(H,19,20)(H,21,22). The van der Waals surface area contributed by atoms with Crippen LogP contribution in [-0.2, 0) is 20.7 Å². The Morgan fingerprint density at radius 1 is 1.17 bits per heavy atom. The van der Waals surface area contributed by atoms with Crippen molar-refractivity contribution in [1.82, 2.24) is 5.32 Å². The molecule has 0 fully saturated rings. The molecular weight excluding hydrogens is 294 g/mol. The average molecular weight is 315 g/mol. The summed E-state index contributed by atoms with van der Waals surface area (Å²) in [7, 11) is 1.48. The zero-order chi connectivity index (χ0) is 16.9. The molecule has 0 spiro atoms. The van der Waals surface area contributed by atoms with Crippen LogP contribution in [0, 0.1) is 0 Å². The fraction of sp³-hybridized carbons (Fsp3) is 0.333. The summed E-state index contributed by atoms with van der Waals surface area (Å²) in [5.74, 6) is -1.20. The predicted octanol–water partition coefficient (Wildman–Crippen LogP) is 2.38. The van der Waals surface area contributed by atoms with Gasteiger partial charge in [-0.2, -0.15) is 0 Å². The van der Waals surface area contributed by atoms with E-state index in [0.29, 0.717) is 0 Å². The third kappa shape index (κ3) is 4.53. The van der Waals surface area contributed by atoms with E-state index in [1.54, 1.807) is 6.92 Å². The van der Waals surface area contributed by atoms with Gasteiger partial charge < -0.3 is 15.2 Å². The maximum absolute atomic E-state index is 12.4. The lowest BCUT2D eigenvalue weighted by molar-refractivity contribution is -0.139. The van der Waals surface area contributed by atoms with Gasteiger partial charge in [-0.3, -0.25) is 9.59 Å². The molecule has 0 aromatic heterocycles. The Labute approximate surface area is 135 Å². The van der Waals surface area contributed by atoms with Crippen molar-refractivity contribution in [3.63, 3.8) is 0 Å². The van der Waals surface area contributed by atoms with E-state index < -0.39 is 11.5 Å². The van der Waals surface area contributed by atoms with Gasteiger partial charge >= 0.3 is 5.97 Å². The van der Waals surface area contributed by atoms with Gasteiger partial charge in [0.15, 0.2) is 0 Å². The number of fused-ring (bicyclic) bond motifs is 1. The molecule has 0 aliphatic heterocycles. The number of aliphatic carboxylic acids is 1. The van der Waals surface area contributed by atoms with Crippen molar-refractivity contribution in [2.24, 2.45) is 0 Å². The van der Waals surface area contributed by atoms with Crippen LogP contribution in [0.1, 0.15) is 18.9 Å². The molecule has 0 bridgehead atoms. The molecule has 1 unspecified atom stereocenters. The maximum Gasteiger partial charge on any atom is 0.305 e. The number of hydrogen-bond acceptors (Lipinski definition) is 3. The number of carboxylic acids is 1. The second kappa shape index (κ2) is 7.24. The van der Waals surface area contributed by atoms with Crippen LogP contribution in [0.3, 0.4) is 0 Å². The summed E-state index contributed by atoms with van der Waals surface area (Å²) in [6.07, 6.45) is 0.00238. The summed E-state index contributed by atoms with van der Waals surface area (Å²) >= 11 is 0. The number of carboxylic acid groups (broad SMARTS) is 1. The molecule has 0 aliphatic carbocycles. The van der Waals surface area contributed by atoms with Crippen molar-refractivity contribution < 1.29 is 19.4 Å². The minimum atomic E-state index is -0.977. The molecule has 2 rings (SSSR count). The van der Waals surface area contributed by atoms with E-state index in [2.05, 4.69) is 5.32 Å². The van der Waals surface area contributed by atoms with E-state index in [9.17, 15) is 9.59 Å². The Kier molecular flexibility index (Phi) is 5.34. The van der Waals surface area contributed by atoms with Gasteiger partial charge in [-0.05, 0) is 23.3 Å². The van der Waals surface area contributed by atoms with Gasteiger partial charge in [0, 0.05) is 7.11 Å². The van der Waals surface area contributed by atoms with Crippen molar-refractivity contribution >= 4 is 22.6 Å². The van der Waals surface area contributed by atoms with E-state index >= 15 is 0 Å². The summed E-state index contributed by atoms with van der Waals surface area (Å²) in [5.41, 5.74) is -0.0156. The van der Waals surface area contributed by atoms with Crippen LogP contribution in [0.25, 0.3) is 10.8 Å². The van der Waals surface area contributed by atoms with Crippen LogP contribution in [0.2, 0.25) is 0 Å². The van der Waals surface area contributed by atoms with E-state index in [0.717, 1.165) is 16.3 Å². The lowest BCUT2D eigenvalue weighted by Gasteiger charge is -2.28. The molecule has 5 heteroatoms. The lowest BCUT2D eigenvalue weighted by atomic mass is 9.97. The van der Waals surface area contributed by atoms with Gasteiger partial charge in [0.25, 0.3) is 0 Å². The SMILES string of the molecule is COCC(C)(CC(=O)O)NC(=O)Cc1cccc2ccccc12. The summed E-state index contributed by atoms with van der Waals surface area (Å²) in [4.78, 5) is 23.4. The maximum atomic E-state index is 12.4. The van der Waals surface area contributed by atoms with Crippen LogP contribution >= 0.6 is 0 Å². The fourth-order valence-corrected chi connectivity index (χ4v) is 2.78. The topological polar surface area (TPSA) is 75.6 Å². The average Bonchev–Trinajstić information content (AvgIpc) is 2.46. The summed E-state index contributed by atoms with van der Waals surface area (Å²) < 4.78 is 5.05. The molecule has 0 radical (unpaired) electrons. The second-order valence-electron chi connectivity index (χ2n) is 5.93. The molecule has 2 aromatic carbocycles. The van der Waals surface area contributed by atoms with E-state index in [4.69, 9.17) is 9.84 Å². The Hall–Kier alpha value is -2.40. The fourth-order valence-electron chi connectivity index (χ4n) is 2.78. The monoisotopic (exact) mass is 315 g/mol. The Balaban J connectivity index is 2.15. The van der Waals surface area contributed by atoms with Crippen LogP contribution in [-0.4, -0.2) is 36.2 Å². The third-order valence-corrected chi connectivity index (χ3v) is 3.68. The number of rotatable bonds is 7. The van der Waals surface area contributed by atoms with Gasteiger partial charge in [-0.15, -0.1) is 0 Å². The first-order chi connectivity index (χ1) is 10.9. The molecule has 0 saturated heterocycles. The third-order valence-electron chi connectivity index (χ3n) is 3.68. The predicted molar refractivity (Wildman–Crippen MR) is 88.3 cm³/mol. The number of carbonyl (C=O) groups excluding carboxylic acids is 1. The molecule has 1 atom stereocenters. The Morgan fingerprint density at radius 3 is 2.57 bits per heavy atom. The Morgan fingerprint density at radius 2 is 1.87 bits per heavy atom. The zero-order valence-electron chi connectivity index (χ0n) is 13.3. The number of amides is 1. The zero-order valence-corrected chi connectivity index (χ0v) is 13.3. The minimum Gasteiger partial charge on any atom is -0.481 e. The molecular formula is C18H21NO4. The molecule has 2 N–H and O–H groups in total. The van der Waals surface area contributed by atoms with Crippen molar-refractivity contribution in [3.8, 4) is 0 Å². The second-order valence-corrected chi connectivity index (χ2v) is 5.93. The van der Waals surface area contributed by atoms with Gasteiger partial charge in [-0.25, -0.2) is 0 Å². The van der Waals surface area contributed by atoms with Gasteiger partial charge in [0.05, 0.1) is 25.0 Å². The van der Waals surface area contributed by atoms with Gasteiger partial charge in [0.1, 0.15) is 0 Å². The van der Waals surface area contributed by atoms with Crippen molar-refractivity contribution in [1.29, 1.82) is 0 Å². The largest absolute Gasteiger partial charge is 0.481 e. The number of hydrogen-bond donors (Lipinski definition) is 2. The lowest BCUT2D eigenvalue weighted by Crippen LogP contribution is -2.51.